The molecule has 0 heterocycles. The molecule has 0 aliphatic heterocycles. The third kappa shape index (κ3) is 5.33. The van der Waals surface area contributed by atoms with Crippen LogP contribution in [-0.4, -0.2) is 30.3 Å². The minimum atomic E-state index is -0.582. The number of halogens is 2. The second kappa shape index (κ2) is 7.18. The van der Waals surface area contributed by atoms with Crippen molar-refractivity contribution in [1.29, 1.82) is 0 Å². The molecule has 6 heteroatoms. The lowest BCUT2D eigenvalue weighted by atomic mass is 10.3. The summed E-state index contributed by atoms with van der Waals surface area (Å²) < 4.78 is 18.0. The van der Waals surface area contributed by atoms with Gasteiger partial charge in [-0.15, -0.1) is 0 Å². The standard InChI is InChI=1S/C12H15ClFNO3/c1-8(16)7-15-12(17)4-5-18-11-3-2-9(14)6-10(11)13/h2-3,6,8,16H,4-5,7H2,1H3,(H,15,17). The van der Waals surface area contributed by atoms with Gasteiger partial charge in [0.25, 0.3) is 0 Å². The van der Waals surface area contributed by atoms with Gasteiger partial charge in [-0.25, -0.2) is 4.39 Å². The van der Waals surface area contributed by atoms with Gasteiger partial charge >= 0.3 is 0 Å². The molecule has 1 atom stereocenters. The molecule has 1 aromatic rings. The van der Waals surface area contributed by atoms with Crippen molar-refractivity contribution < 1.29 is 19.0 Å². The first-order chi connectivity index (χ1) is 8.49. The van der Waals surface area contributed by atoms with Crippen LogP contribution in [0, 0.1) is 5.82 Å². The molecule has 0 saturated carbocycles. The summed E-state index contributed by atoms with van der Waals surface area (Å²) in [5.74, 6) is -0.336. The molecule has 0 aromatic heterocycles. The number of rotatable bonds is 6. The Labute approximate surface area is 110 Å². The lowest BCUT2D eigenvalue weighted by Gasteiger charge is -2.09. The van der Waals surface area contributed by atoms with Crippen LogP contribution < -0.4 is 10.1 Å². The van der Waals surface area contributed by atoms with Crippen molar-refractivity contribution >= 4 is 17.5 Å². The van der Waals surface area contributed by atoms with Crippen LogP contribution in [0.5, 0.6) is 5.75 Å². The molecule has 0 aliphatic carbocycles. The zero-order valence-corrected chi connectivity index (χ0v) is 10.7. The van der Waals surface area contributed by atoms with E-state index in [0.29, 0.717) is 5.75 Å². The van der Waals surface area contributed by atoms with Gasteiger partial charge in [0.2, 0.25) is 5.91 Å². The Morgan fingerprint density at radius 1 is 1.61 bits per heavy atom. The van der Waals surface area contributed by atoms with E-state index in [9.17, 15) is 9.18 Å². The van der Waals surface area contributed by atoms with Gasteiger partial charge in [-0.1, -0.05) is 11.6 Å². The number of hydrogen-bond donors (Lipinski definition) is 2. The average molecular weight is 276 g/mol. The van der Waals surface area contributed by atoms with Gasteiger partial charge in [0.1, 0.15) is 11.6 Å². The number of amides is 1. The van der Waals surface area contributed by atoms with Crippen molar-refractivity contribution in [2.75, 3.05) is 13.2 Å². The highest BCUT2D eigenvalue weighted by Gasteiger charge is 2.06. The topological polar surface area (TPSA) is 58.6 Å². The molecule has 1 aromatic carbocycles. The number of aliphatic hydroxyl groups excluding tert-OH is 1. The first-order valence-corrected chi connectivity index (χ1v) is 5.89. The first kappa shape index (κ1) is 14.7. The van der Waals surface area contributed by atoms with E-state index >= 15 is 0 Å². The van der Waals surface area contributed by atoms with E-state index in [2.05, 4.69) is 5.32 Å². The highest BCUT2D eigenvalue weighted by Crippen LogP contribution is 2.24. The summed E-state index contributed by atoms with van der Waals surface area (Å²) in [7, 11) is 0. The summed E-state index contributed by atoms with van der Waals surface area (Å²) in [5.41, 5.74) is 0. The SMILES string of the molecule is CC(O)CNC(=O)CCOc1ccc(F)cc1Cl. The molecular weight excluding hydrogens is 261 g/mol. The van der Waals surface area contributed by atoms with Gasteiger partial charge in [-0.3, -0.25) is 4.79 Å². The van der Waals surface area contributed by atoms with Crippen molar-refractivity contribution in [3.05, 3.63) is 29.0 Å². The van der Waals surface area contributed by atoms with Gasteiger partial charge in [0.15, 0.2) is 0 Å². The quantitative estimate of drug-likeness (QED) is 0.831. The molecule has 0 radical (unpaired) electrons. The van der Waals surface area contributed by atoms with Gasteiger partial charge in [-0.05, 0) is 25.1 Å². The first-order valence-electron chi connectivity index (χ1n) is 5.51. The number of benzene rings is 1. The molecule has 0 fully saturated rings. The molecule has 0 bridgehead atoms. The summed E-state index contributed by atoms with van der Waals surface area (Å²) in [6, 6.07) is 3.78. The minimum absolute atomic E-state index is 0.136. The largest absolute Gasteiger partial charge is 0.491 e. The van der Waals surface area contributed by atoms with Crippen LogP contribution >= 0.6 is 11.6 Å². The van der Waals surface area contributed by atoms with Gasteiger partial charge in [-0.2, -0.15) is 0 Å². The van der Waals surface area contributed by atoms with Gasteiger partial charge in [0.05, 0.1) is 24.2 Å². The van der Waals surface area contributed by atoms with E-state index in [4.69, 9.17) is 21.4 Å². The summed E-state index contributed by atoms with van der Waals surface area (Å²) in [4.78, 5) is 11.3. The van der Waals surface area contributed by atoms with Crippen LogP contribution in [0.15, 0.2) is 18.2 Å². The van der Waals surface area contributed by atoms with E-state index in [0.717, 1.165) is 6.07 Å². The number of ether oxygens (including phenoxy) is 1. The van der Waals surface area contributed by atoms with E-state index in [1.807, 2.05) is 0 Å². The van der Waals surface area contributed by atoms with Gasteiger partial charge < -0.3 is 15.2 Å². The zero-order valence-electron chi connectivity index (χ0n) is 9.95. The van der Waals surface area contributed by atoms with Gasteiger partial charge in [0, 0.05) is 6.54 Å². The fourth-order valence-corrected chi connectivity index (χ4v) is 1.42. The van der Waals surface area contributed by atoms with Crippen molar-refractivity contribution in [2.45, 2.75) is 19.4 Å². The van der Waals surface area contributed by atoms with Crippen molar-refractivity contribution in [3.8, 4) is 5.75 Å². The number of nitrogens with one attached hydrogen (secondary N) is 1. The Kier molecular flexibility index (Phi) is 5.88. The average Bonchev–Trinajstić information content (AvgIpc) is 2.29. The van der Waals surface area contributed by atoms with Crippen LogP contribution in [0.3, 0.4) is 0 Å². The fourth-order valence-electron chi connectivity index (χ4n) is 1.20. The summed E-state index contributed by atoms with van der Waals surface area (Å²) in [6.07, 6.45) is -0.443. The molecule has 18 heavy (non-hydrogen) atoms. The number of carbonyl (C=O) groups is 1. The molecule has 0 spiro atoms. The van der Waals surface area contributed by atoms with E-state index < -0.39 is 11.9 Å². The number of carbonyl (C=O) groups excluding carboxylic acids is 1. The smallest absolute Gasteiger partial charge is 0.223 e. The normalized spacial score (nSPS) is 12.0. The summed E-state index contributed by atoms with van der Waals surface area (Å²) in [6.45, 7) is 1.92. The monoisotopic (exact) mass is 275 g/mol. The van der Waals surface area contributed by atoms with Crippen molar-refractivity contribution in [3.63, 3.8) is 0 Å². The molecule has 2 N–H and O–H groups in total. The Morgan fingerprint density at radius 2 is 2.33 bits per heavy atom. The minimum Gasteiger partial charge on any atom is -0.491 e. The predicted octanol–water partition coefficient (Wildman–Crippen LogP) is 1.75. The number of aliphatic hydroxyl groups is 1. The maximum atomic E-state index is 12.7. The van der Waals surface area contributed by atoms with Crippen LogP contribution in [0.25, 0.3) is 0 Å². The molecule has 4 nitrogen and oxygen atoms in total. The zero-order chi connectivity index (χ0) is 13.5. The lowest BCUT2D eigenvalue weighted by Crippen LogP contribution is -2.31. The molecular formula is C12H15ClFNO3. The number of hydrogen-bond acceptors (Lipinski definition) is 3. The van der Waals surface area contributed by atoms with E-state index in [-0.39, 0.29) is 30.5 Å². The molecule has 100 valence electrons. The van der Waals surface area contributed by atoms with Crippen LogP contribution in [0.1, 0.15) is 13.3 Å². The highest BCUT2D eigenvalue weighted by molar-refractivity contribution is 6.32. The Morgan fingerprint density at radius 3 is 2.94 bits per heavy atom. The summed E-state index contributed by atoms with van der Waals surface area (Å²) >= 11 is 5.75. The third-order valence-corrected chi connectivity index (χ3v) is 2.37. The van der Waals surface area contributed by atoms with E-state index in [1.54, 1.807) is 6.92 Å². The van der Waals surface area contributed by atoms with Crippen LogP contribution in [-0.2, 0) is 4.79 Å². The lowest BCUT2D eigenvalue weighted by molar-refractivity contribution is -0.122. The maximum absolute atomic E-state index is 12.7. The van der Waals surface area contributed by atoms with E-state index in [1.165, 1.54) is 12.1 Å². The Hall–Kier alpha value is -1.33. The summed E-state index contributed by atoms with van der Waals surface area (Å²) in [5, 5.41) is 11.7. The third-order valence-electron chi connectivity index (χ3n) is 2.08. The second-order valence-electron chi connectivity index (χ2n) is 3.83. The van der Waals surface area contributed by atoms with Crippen LogP contribution in [0.2, 0.25) is 5.02 Å². The van der Waals surface area contributed by atoms with Crippen LogP contribution in [0.4, 0.5) is 4.39 Å². The van der Waals surface area contributed by atoms with Crippen molar-refractivity contribution in [2.24, 2.45) is 0 Å². The molecule has 1 rings (SSSR count). The molecule has 1 amide bonds. The predicted molar refractivity (Wildman–Crippen MR) is 66.2 cm³/mol. The molecule has 1 unspecified atom stereocenters. The Balaban J connectivity index is 2.31. The molecule has 0 aliphatic rings. The Bertz CT molecular complexity index is 412. The maximum Gasteiger partial charge on any atom is 0.223 e. The van der Waals surface area contributed by atoms with Crippen molar-refractivity contribution in [1.82, 2.24) is 5.32 Å². The highest BCUT2D eigenvalue weighted by atomic mass is 35.5. The fraction of sp³-hybridized carbons (Fsp3) is 0.417. The second-order valence-corrected chi connectivity index (χ2v) is 4.23. The molecule has 0 saturated heterocycles.